The molecule has 0 amide bonds. The Morgan fingerprint density at radius 3 is 2.14 bits per heavy atom. The van der Waals surface area contributed by atoms with Crippen molar-refractivity contribution in [3.05, 3.63) is 0 Å². The van der Waals surface area contributed by atoms with E-state index in [0.717, 1.165) is 12.1 Å². The Balaban J connectivity index is 1.95. The first-order valence-corrected chi connectivity index (χ1v) is 2.93. The molecule has 2 heteroatoms. The summed E-state index contributed by atoms with van der Waals surface area (Å²) in [6.07, 6.45) is 1.45. The van der Waals surface area contributed by atoms with Crippen molar-refractivity contribution in [2.24, 2.45) is 0 Å². The highest BCUT2D eigenvalue weighted by Crippen LogP contribution is 2.55. The summed E-state index contributed by atoms with van der Waals surface area (Å²) < 4.78 is 0. The van der Waals surface area contributed by atoms with Crippen molar-refractivity contribution in [2.45, 2.75) is 24.0 Å². The van der Waals surface area contributed by atoms with E-state index in [1.54, 1.807) is 0 Å². The van der Waals surface area contributed by atoms with Crippen LogP contribution in [0.25, 0.3) is 0 Å². The van der Waals surface area contributed by atoms with E-state index < -0.39 is 0 Å². The third kappa shape index (κ3) is 0.208. The summed E-state index contributed by atoms with van der Waals surface area (Å²) in [5.41, 5.74) is 0.667. The van der Waals surface area contributed by atoms with Gasteiger partial charge in [-0.25, -0.2) is 0 Å². The average Bonchev–Trinajstić information content (AvgIpc) is 2.20. The van der Waals surface area contributed by atoms with Gasteiger partial charge in [-0.05, 0) is 6.42 Å². The van der Waals surface area contributed by atoms with Crippen LogP contribution < -0.4 is 10.6 Å². The third-order valence-electron chi connectivity index (χ3n) is 2.39. The van der Waals surface area contributed by atoms with Crippen molar-refractivity contribution < 1.29 is 0 Å². The largest absolute Gasteiger partial charge is 0.309 e. The van der Waals surface area contributed by atoms with Crippen molar-refractivity contribution in [3.8, 4) is 0 Å². The first-order valence-electron chi connectivity index (χ1n) is 2.93. The first-order chi connectivity index (χ1) is 3.42. The number of hydrogen-bond donors (Lipinski definition) is 2. The summed E-state index contributed by atoms with van der Waals surface area (Å²) in [7, 11) is 0. The minimum absolute atomic E-state index is 0.667. The summed E-state index contributed by atoms with van der Waals surface area (Å²) in [5, 5.41) is 6.72. The Morgan fingerprint density at radius 2 is 2.00 bits per heavy atom. The Labute approximate surface area is 42.3 Å². The zero-order valence-electron chi connectivity index (χ0n) is 4.07. The molecule has 0 aromatic carbocycles. The molecule has 2 saturated heterocycles. The van der Waals surface area contributed by atoms with Crippen molar-refractivity contribution in [3.63, 3.8) is 0 Å². The highest BCUT2D eigenvalue weighted by molar-refractivity contribution is 5.39. The monoisotopic (exact) mass is 96.1 g/mol. The van der Waals surface area contributed by atoms with Crippen LogP contribution >= 0.6 is 0 Å². The minimum atomic E-state index is 0.667. The Kier molecular flexibility index (Phi) is 0.246. The maximum atomic E-state index is 3.41. The van der Waals surface area contributed by atoms with Gasteiger partial charge in [0.15, 0.2) is 0 Å². The predicted molar refractivity (Wildman–Crippen MR) is 26.1 cm³/mol. The predicted octanol–water partition coefficient (Wildman–Crippen LogP) is -0.928. The SMILES string of the molecule is C1NC1C12CC1N2. The van der Waals surface area contributed by atoms with Crippen LogP contribution in [0, 0.1) is 0 Å². The van der Waals surface area contributed by atoms with Crippen LogP contribution in [-0.2, 0) is 0 Å². The standard InChI is InChI=1S/C5H8N2/c1-3-5(1,7-3)4-2-6-4/h3-4,6-7H,1-2H2. The van der Waals surface area contributed by atoms with Crippen molar-refractivity contribution in [1.29, 1.82) is 0 Å². The lowest BCUT2D eigenvalue weighted by atomic mass is 10.3. The van der Waals surface area contributed by atoms with Crippen molar-refractivity contribution >= 4 is 0 Å². The van der Waals surface area contributed by atoms with E-state index >= 15 is 0 Å². The molecule has 1 saturated carbocycles. The maximum Gasteiger partial charge on any atom is 0.0522 e. The second-order valence-corrected chi connectivity index (χ2v) is 2.90. The van der Waals surface area contributed by atoms with E-state index in [0.29, 0.717) is 5.54 Å². The molecule has 38 valence electrons. The van der Waals surface area contributed by atoms with Crippen LogP contribution in [0.4, 0.5) is 0 Å². The smallest absolute Gasteiger partial charge is 0.0522 e. The van der Waals surface area contributed by atoms with Crippen molar-refractivity contribution in [2.75, 3.05) is 6.54 Å². The van der Waals surface area contributed by atoms with Gasteiger partial charge in [-0.3, -0.25) is 0 Å². The van der Waals surface area contributed by atoms with Gasteiger partial charge in [0.25, 0.3) is 0 Å². The molecule has 0 radical (unpaired) electrons. The van der Waals surface area contributed by atoms with Crippen LogP contribution in [0.3, 0.4) is 0 Å². The highest BCUT2D eigenvalue weighted by Gasteiger charge is 2.75. The van der Waals surface area contributed by atoms with E-state index in [-0.39, 0.29) is 0 Å². The minimum Gasteiger partial charge on any atom is -0.309 e. The fourth-order valence-electron chi connectivity index (χ4n) is 1.45. The molecule has 3 aliphatic rings. The molecule has 7 heavy (non-hydrogen) atoms. The van der Waals surface area contributed by atoms with Gasteiger partial charge in [-0.2, -0.15) is 0 Å². The third-order valence-corrected chi connectivity index (χ3v) is 2.39. The van der Waals surface area contributed by atoms with Gasteiger partial charge < -0.3 is 10.6 Å². The fraction of sp³-hybridized carbons (Fsp3) is 1.00. The van der Waals surface area contributed by atoms with E-state index in [4.69, 9.17) is 0 Å². The van der Waals surface area contributed by atoms with Crippen LogP contribution in [0.5, 0.6) is 0 Å². The van der Waals surface area contributed by atoms with Crippen LogP contribution in [-0.4, -0.2) is 24.2 Å². The Hall–Kier alpha value is -0.0800. The molecular weight excluding hydrogens is 88.1 g/mol. The molecule has 2 nitrogen and oxygen atoms in total. The van der Waals surface area contributed by atoms with Crippen LogP contribution in [0.15, 0.2) is 0 Å². The number of hydrogen-bond acceptors (Lipinski definition) is 2. The summed E-state index contributed by atoms with van der Waals surface area (Å²) in [6, 6.07) is 1.81. The first kappa shape index (κ1) is 3.05. The number of fused-ring (bicyclic) bond motifs is 1. The van der Waals surface area contributed by atoms with Crippen LogP contribution in [0.2, 0.25) is 0 Å². The molecule has 3 unspecified atom stereocenters. The molecule has 0 spiro atoms. The summed E-state index contributed by atoms with van der Waals surface area (Å²) in [6.45, 7) is 1.27. The van der Waals surface area contributed by atoms with E-state index in [1.807, 2.05) is 0 Å². The zero-order chi connectivity index (χ0) is 4.48. The van der Waals surface area contributed by atoms with Crippen LogP contribution in [0.1, 0.15) is 6.42 Å². The topological polar surface area (TPSA) is 43.9 Å². The number of rotatable bonds is 1. The zero-order valence-corrected chi connectivity index (χ0v) is 4.07. The van der Waals surface area contributed by atoms with Gasteiger partial charge in [0, 0.05) is 18.6 Å². The Morgan fingerprint density at radius 1 is 1.43 bits per heavy atom. The lowest BCUT2D eigenvalue weighted by Gasteiger charge is -1.92. The van der Waals surface area contributed by atoms with Crippen molar-refractivity contribution in [1.82, 2.24) is 10.6 Å². The maximum absolute atomic E-state index is 3.41. The molecule has 0 bridgehead atoms. The van der Waals surface area contributed by atoms with E-state index in [2.05, 4.69) is 10.6 Å². The second-order valence-electron chi connectivity index (χ2n) is 2.90. The number of nitrogens with one attached hydrogen (secondary N) is 2. The summed E-state index contributed by atoms with van der Waals surface area (Å²) >= 11 is 0. The van der Waals surface area contributed by atoms with Gasteiger partial charge in [-0.15, -0.1) is 0 Å². The molecule has 0 aromatic heterocycles. The molecule has 3 atom stereocenters. The molecule has 2 aliphatic heterocycles. The molecule has 0 aromatic rings. The van der Waals surface area contributed by atoms with Gasteiger partial charge >= 0.3 is 0 Å². The lowest BCUT2D eigenvalue weighted by molar-refractivity contribution is 0.684. The van der Waals surface area contributed by atoms with Gasteiger partial charge in [-0.1, -0.05) is 0 Å². The molecular formula is C5H8N2. The van der Waals surface area contributed by atoms with E-state index in [1.165, 1.54) is 13.0 Å². The average molecular weight is 96.1 g/mol. The Bertz CT molecular complexity index is 122. The lowest BCUT2D eigenvalue weighted by Crippen LogP contribution is -2.17. The second kappa shape index (κ2) is 0.565. The molecule has 3 rings (SSSR count). The molecule has 2 N–H and O–H groups in total. The van der Waals surface area contributed by atoms with Gasteiger partial charge in [0.05, 0.1) is 5.54 Å². The fourth-order valence-corrected chi connectivity index (χ4v) is 1.45. The quantitative estimate of drug-likeness (QED) is 0.414. The summed E-state index contributed by atoms with van der Waals surface area (Å²) in [5.74, 6) is 0. The highest BCUT2D eigenvalue weighted by atomic mass is 15.4. The summed E-state index contributed by atoms with van der Waals surface area (Å²) in [4.78, 5) is 0. The normalized spacial score (nSPS) is 72.0. The van der Waals surface area contributed by atoms with E-state index in [9.17, 15) is 0 Å². The van der Waals surface area contributed by atoms with Gasteiger partial charge in [0.1, 0.15) is 0 Å². The molecule has 1 aliphatic carbocycles. The molecule has 3 fully saturated rings. The molecule has 2 heterocycles. The van der Waals surface area contributed by atoms with Gasteiger partial charge in [0.2, 0.25) is 0 Å².